The van der Waals surface area contributed by atoms with Crippen LogP contribution in [0.3, 0.4) is 0 Å². The Bertz CT molecular complexity index is 175. The molecule has 0 saturated heterocycles. The molecule has 12 heavy (non-hydrogen) atoms. The molecule has 0 spiro atoms. The summed E-state index contributed by atoms with van der Waals surface area (Å²) >= 11 is 0. The smallest absolute Gasteiger partial charge is 0.0578 e. The Balaban J connectivity index is 2.13. The van der Waals surface area contributed by atoms with Gasteiger partial charge in [0.25, 0.3) is 0 Å². The van der Waals surface area contributed by atoms with Crippen LogP contribution in [-0.4, -0.2) is 12.6 Å². The quantitative estimate of drug-likeness (QED) is 0.632. The first-order chi connectivity index (χ1) is 5.86. The van der Waals surface area contributed by atoms with E-state index in [1.54, 1.807) is 0 Å². The fraction of sp³-hybridized carbons (Fsp3) is 0.818. The first kappa shape index (κ1) is 9.61. The van der Waals surface area contributed by atoms with Crippen molar-refractivity contribution in [3.05, 3.63) is 0 Å². The number of hydrogen-bond donors (Lipinski definition) is 1. The maximum atomic E-state index is 3.47. The van der Waals surface area contributed by atoms with Crippen molar-refractivity contribution in [1.82, 2.24) is 5.32 Å². The summed E-state index contributed by atoms with van der Waals surface area (Å²) in [5, 5.41) is 3.47. The molecule has 0 bridgehead atoms. The van der Waals surface area contributed by atoms with Gasteiger partial charge in [0.2, 0.25) is 0 Å². The van der Waals surface area contributed by atoms with E-state index < -0.39 is 0 Å². The van der Waals surface area contributed by atoms with Crippen molar-refractivity contribution >= 4 is 0 Å². The normalized spacial score (nSPS) is 28.2. The highest BCUT2D eigenvalue weighted by Crippen LogP contribution is 2.27. The van der Waals surface area contributed by atoms with Crippen LogP contribution >= 0.6 is 0 Å². The van der Waals surface area contributed by atoms with E-state index in [1.807, 2.05) is 6.92 Å². The van der Waals surface area contributed by atoms with Crippen LogP contribution in [-0.2, 0) is 0 Å². The van der Waals surface area contributed by atoms with E-state index >= 15 is 0 Å². The molecule has 68 valence electrons. The molecule has 1 fully saturated rings. The second kappa shape index (κ2) is 5.22. The number of nitrogens with one attached hydrogen (secondary N) is 1. The van der Waals surface area contributed by atoms with Crippen LogP contribution in [0.1, 0.15) is 39.5 Å². The second-order valence-electron chi connectivity index (χ2n) is 3.59. The summed E-state index contributed by atoms with van der Waals surface area (Å²) in [4.78, 5) is 0. The van der Waals surface area contributed by atoms with Gasteiger partial charge < -0.3 is 5.32 Å². The topological polar surface area (TPSA) is 12.0 Å². The Hall–Kier alpha value is -0.480. The molecule has 0 aliphatic heterocycles. The van der Waals surface area contributed by atoms with Crippen LogP contribution in [0.15, 0.2) is 0 Å². The van der Waals surface area contributed by atoms with Crippen molar-refractivity contribution in [2.75, 3.05) is 6.54 Å². The zero-order valence-electron chi connectivity index (χ0n) is 8.19. The van der Waals surface area contributed by atoms with E-state index in [2.05, 4.69) is 24.1 Å². The van der Waals surface area contributed by atoms with Gasteiger partial charge in [-0.3, -0.25) is 0 Å². The van der Waals surface area contributed by atoms with E-state index in [4.69, 9.17) is 0 Å². The zero-order valence-corrected chi connectivity index (χ0v) is 8.19. The van der Waals surface area contributed by atoms with Gasteiger partial charge in [0.05, 0.1) is 6.54 Å². The lowest BCUT2D eigenvalue weighted by atomic mass is 10.1. The van der Waals surface area contributed by atoms with Crippen molar-refractivity contribution in [3.8, 4) is 11.8 Å². The Labute approximate surface area is 75.9 Å². The molecular formula is C11H19N. The Morgan fingerprint density at radius 3 is 2.83 bits per heavy atom. The van der Waals surface area contributed by atoms with Crippen LogP contribution in [0.25, 0.3) is 0 Å². The van der Waals surface area contributed by atoms with Crippen molar-refractivity contribution in [2.45, 2.75) is 45.6 Å². The van der Waals surface area contributed by atoms with Gasteiger partial charge in [0, 0.05) is 6.04 Å². The molecule has 1 rings (SSSR count). The molecule has 1 N–H and O–H groups in total. The lowest BCUT2D eigenvalue weighted by Crippen LogP contribution is -2.26. The van der Waals surface area contributed by atoms with Crippen LogP contribution < -0.4 is 5.32 Å². The molecule has 0 amide bonds. The molecule has 2 unspecified atom stereocenters. The van der Waals surface area contributed by atoms with E-state index in [0.29, 0.717) is 0 Å². The minimum Gasteiger partial charge on any atom is -0.303 e. The fourth-order valence-electron chi connectivity index (χ4n) is 1.91. The molecule has 0 radical (unpaired) electrons. The third-order valence-electron chi connectivity index (χ3n) is 2.77. The third-order valence-corrected chi connectivity index (χ3v) is 2.77. The second-order valence-corrected chi connectivity index (χ2v) is 3.59. The first-order valence-electron chi connectivity index (χ1n) is 4.99. The van der Waals surface area contributed by atoms with E-state index in [-0.39, 0.29) is 0 Å². The average Bonchev–Trinajstić information content (AvgIpc) is 2.53. The maximum absolute atomic E-state index is 3.47. The predicted molar refractivity (Wildman–Crippen MR) is 52.9 cm³/mol. The Morgan fingerprint density at radius 2 is 2.25 bits per heavy atom. The van der Waals surface area contributed by atoms with Gasteiger partial charge in [0.1, 0.15) is 0 Å². The van der Waals surface area contributed by atoms with Crippen molar-refractivity contribution in [2.24, 2.45) is 5.92 Å². The summed E-state index contributed by atoms with van der Waals surface area (Å²) in [5.41, 5.74) is 0. The van der Waals surface area contributed by atoms with Gasteiger partial charge in [0.15, 0.2) is 0 Å². The van der Waals surface area contributed by atoms with Gasteiger partial charge in [-0.05, 0) is 32.1 Å². The molecule has 0 heterocycles. The van der Waals surface area contributed by atoms with Gasteiger partial charge in [-0.25, -0.2) is 0 Å². The summed E-state index contributed by atoms with van der Waals surface area (Å²) < 4.78 is 0. The fourth-order valence-corrected chi connectivity index (χ4v) is 1.91. The molecule has 1 nitrogen and oxygen atoms in total. The summed E-state index contributed by atoms with van der Waals surface area (Å²) in [6.45, 7) is 5.06. The molecule has 0 aromatic carbocycles. The summed E-state index contributed by atoms with van der Waals surface area (Å²) in [5.74, 6) is 6.92. The SMILES string of the molecule is CC#CCNC1CCC(CC)C1. The molecular weight excluding hydrogens is 146 g/mol. The standard InChI is InChI=1S/C11H19N/c1-3-5-8-12-11-7-6-10(4-2)9-11/h10-12H,4,6-9H2,1-2H3. The monoisotopic (exact) mass is 165 g/mol. The molecule has 0 aromatic heterocycles. The number of rotatable bonds is 3. The van der Waals surface area contributed by atoms with Gasteiger partial charge in [-0.15, -0.1) is 5.92 Å². The van der Waals surface area contributed by atoms with Crippen LogP contribution in [0.4, 0.5) is 0 Å². The summed E-state index contributed by atoms with van der Waals surface area (Å²) in [6, 6.07) is 0.746. The largest absolute Gasteiger partial charge is 0.303 e. The average molecular weight is 165 g/mol. The summed E-state index contributed by atoms with van der Waals surface area (Å²) in [7, 11) is 0. The van der Waals surface area contributed by atoms with E-state index in [0.717, 1.165) is 18.5 Å². The first-order valence-corrected chi connectivity index (χ1v) is 4.99. The lowest BCUT2D eigenvalue weighted by molar-refractivity contribution is 0.492. The summed E-state index contributed by atoms with van der Waals surface area (Å²) in [6.07, 6.45) is 5.47. The van der Waals surface area contributed by atoms with Crippen molar-refractivity contribution in [1.29, 1.82) is 0 Å². The predicted octanol–water partition coefficient (Wildman–Crippen LogP) is 2.18. The van der Waals surface area contributed by atoms with Crippen LogP contribution in [0, 0.1) is 17.8 Å². The molecule has 1 saturated carbocycles. The van der Waals surface area contributed by atoms with E-state index in [9.17, 15) is 0 Å². The highest BCUT2D eigenvalue weighted by atomic mass is 14.9. The van der Waals surface area contributed by atoms with E-state index in [1.165, 1.54) is 25.7 Å². The minimum absolute atomic E-state index is 0.746. The molecule has 2 atom stereocenters. The maximum Gasteiger partial charge on any atom is 0.0578 e. The highest BCUT2D eigenvalue weighted by molar-refractivity contribution is 4.98. The third kappa shape index (κ3) is 2.87. The molecule has 1 aliphatic carbocycles. The van der Waals surface area contributed by atoms with Crippen LogP contribution in [0.2, 0.25) is 0 Å². The minimum atomic E-state index is 0.746. The van der Waals surface area contributed by atoms with Crippen molar-refractivity contribution < 1.29 is 0 Å². The lowest BCUT2D eigenvalue weighted by Gasteiger charge is -2.09. The Kier molecular flexibility index (Phi) is 4.18. The van der Waals surface area contributed by atoms with Gasteiger partial charge in [-0.2, -0.15) is 0 Å². The molecule has 0 aromatic rings. The highest BCUT2D eigenvalue weighted by Gasteiger charge is 2.21. The molecule has 1 heteroatoms. The Morgan fingerprint density at radius 1 is 1.42 bits per heavy atom. The van der Waals surface area contributed by atoms with Crippen LogP contribution in [0.5, 0.6) is 0 Å². The van der Waals surface area contributed by atoms with Gasteiger partial charge in [-0.1, -0.05) is 19.3 Å². The number of hydrogen-bond acceptors (Lipinski definition) is 1. The van der Waals surface area contributed by atoms with Crippen molar-refractivity contribution in [3.63, 3.8) is 0 Å². The van der Waals surface area contributed by atoms with Gasteiger partial charge >= 0.3 is 0 Å². The zero-order chi connectivity index (χ0) is 8.81. The molecule has 1 aliphatic rings.